The zero-order valence-electron chi connectivity index (χ0n) is 18.0. The molecule has 2 heteroatoms. The van der Waals surface area contributed by atoms with Crippen molar-refractivity contribution in [3.63, 3.8) is 0 Å². The van der Waals surface area contributed by atoms with Crippen LogP contribution in [0.1, 0.15) is 93.5 Å². The van der Waals surface area contributed by atoms with Gasteiger partial charge in [-0.15, -0.1) is 0 Å². The standard InChI is InChI=1S/C27H35O2/c1-3-4-5-7-10-21(2)29-27(28)26-19-17-25(18-20-26)24-15-13-23(14-16-24)22-11-8-6-9-12-22/h6,13-22H,3-5,7-12H2,1-2H3/t21-/m1/s1. The molecule has 0 unspecified atom stereocenters. The predicted octanol–water partition coefficient (Wildman–Crippen LogP) is 7.73. The lowest BCUT2D eigenvalue weighted by Crippen LogP contribution is -2.15. The molecule has 0 amide bonds. The first-order chi connectivity index (χ1) is 14.2. The number of benzene rings is 2. The maximum absolute atomic E-state index is 12.4. The van der Waals surface area contributed by atoms with Gasteiger partial charge in [0.25, 0.3) is 0 Å². The molecule has 0 N–H and O–H groups in total. The normalized spacial score (nSPS) is 15.8. The highest BCUT2D eigenvalue weighted by molar-refractivity contribution is 5.90. The molecule has 1 saturated carbocycles. The lowest BCUT2D eigenvalue weighted by Gasteiger charge is -2.22. The molecule has 155 valence electrons. The van der Waals surface area contributed by atoms with Crippen LogP contribution in [0, 0.1) is 6.42 Å². The van der Waals surface area contributed by atoms with E-state index in [1.165, 1.54) is 56.1 Å². The van der Waals surface area contributed by atoms with E-state index in [4.69, 9.17) is 4.74 Å². The van der Waals surface area contributed by atoms with Crippen molar-refractivity contribution in [2.24, 2.45) is 0 Å². The summed E-state index contributed by atoms with van der Waals surface area (Å²) in [6.45, 7) is 4.20. The molecule has 0 spiro atoms. The minimum Gasteiger partial charge on any atom is -0.459 e. The number of esters is 1. The highest BCUT2D eigenvalue weighted by Gasteiger charge is 2.16. The summed E-state index contributed by atoms with van der Waals surface area (Å²) in [6.07, 6.45) is 13.2. The average molecular weight is 392 g/mol. The summed E-state index contributed by atoms with van der Waals surface area (Å²) in [4.78, 5) is 12.4. The van der Waals surface area contributed by atoms with E-state index in [0.29, 0.717) is 11.5 Å². The van der Waals surface area contributed by atoms with Gasteiger partial charge in [-0.3, -0.25) is 0 Å². The molecule has 29 heavy (non-hydrogen) atoms. The highest BCUT2D eigenvalue weighted by Crippen LogP contribution is 2.33. The molecule has 2 aromatic rings. The van der Waals surface area contributed by atoms with Gasteiger partial charge in [0.05, 0.1) is 11.7 Å². The summed E-state index contributed by atoms with van der Waals surface area (Å²) in [5, 5.41) is 0. The first-order valence-electron chi connectivity index (χ1n) is 11.4. The van der Waals surface area contributed by atoms with E-state index < -0.39 is 0 Å². The Bertz CT molecular complexity index is 739. The van der Waals surface area contributed by atoms with Crippen LogP contribution in [0.3, 0.4) is 0 Å². The van der Waals surface area contributed by atoms with Gasteiger partial charge in [-0.05, 0) is 86.6 Å². The highest BCUT2D eigenvalue weighted by atomic mass is 16.5. The molecule has 1 aliphatic rings. The van der Waals surface area contributed by atoms with Crippen molar-refractivity contribution in [2.45, 2.75) is 83.7 Å². The molecule has 2 aromatic carbocycles. The van der Waals surface area contributed by atoms with Gasteiger partial charge in [-0.1, -0.05) is 62.6 Å². The van der Waals surface area contributed by atoms with Crippen LogP contribution in [0.4, 0.5) is 0 Å². The number of hydrogen-bond donors (Lipinski definition) is 0. The van der Waals surface area contributed by atoms with Crippen LogP contribution in [0.2, 0.25) is 0 Å². The van der Waals surface area contributed by atoms with E-state index >= 15 is 0 Å². The van der Waals surface area contributed by atoms with Crippen molar-refractivity contribution >= 4 is 5.97 Å². The van der Waals surface area contributed by atoms with Gasteiger partial charge in [0, 0.05) is 0 Å². The van der Waals surface area contributed by atoms with Gasteiger partial charge in [0.1, 0.15) is 0 Å². The summed E-state index contributed by atoms with van der Waals surface area (Å²) in [6, 6.07) is 16.8. The maximum Gasteiger partial charge on any atom is 0.338 e. The number of ether oxygens (including phenoxy) is 1. The van der Waals surface area contributed by atoms with Gasteiger partial charge in [0.15, 0.2) is 0 Å². The zero-order chi connectivity index (χ0) is 20.5. The Hall–Kier alpha value is -2.09. The van der Waals surface area contributed by atoms with Gasteiger partial charge in [-0.25, -0.2) is 4.79 Å². The second-order valence-corrected chi connectivity index (χ2v) is 8.40. The Labute approximate surface area is 176 Å². The molecule has 0 aromatic heterocycles. The topological polar surface area (TPSA) is 26.3 Å². The summed E-state index contributed by atoms with van der Waals surface area (Å²) < 4.78 is 5.60. The molecule has 1 radical (unpaired) electrons. The van der Waals surface area contributed by atoms with Crippen molar-refractivity contribution < 1.29 is 9.53 Å². The van der Waals surface area contributed by atoms with Gasteiger partial charge >= 0.3 is 5.97 Å². The van der Waals surface area contributed by atoms with E-state index in [9.17, 15) is 4.79 Å². The SMILES string of the molecule is CCCCCC[C@@H](C)OC(=O)c1ccc(-c2ccc(C3CC[CH]CC3)cc2)cc1. The van der Waals surface area contributed by atoms with Crippen molar-refractivity contribution in [3.8, 4) is 11.1 Å². The van der Waals surface area contributed by atoms with Crippen LogP contribution in [0.15, 0.2) is 48.5 Å². The Morgan fingerprint density at radius 2 is 1.55 bits per heavy atom. The number of hydrogen-bond acceptors (Lipinski definition) is 2. The van der Waals surface area contributed by atoms with Crippen LogP contribution in [0.25, 0.3) is 11.1 Å². The van der Waals surface area contributed by atoms with Crippen LogP contribution in [-0.2, 0) is 4.74 Å². The second kappa shape index (κ2) is 11.2. The van der Waals surface area contributed by atoms with E-state index in [1.54, 1.807) is 0 Å². The third-order valence-corrected chi connectivity index (χ3v) is 6.05. The minimum atomic E-state index is -0.219. The fourth-order valence-electron chi connectivity index (χ4n) is 4.17. The predicted molar refractivity (Wildman–Crippen MR) is 121 cm³/mol. The lowest BCUT2D eigenvalue weighted by atomic mass is 9.84. The molecular weight excluding hydrogens is 356 g/mol. The van der Waals surface area contributed by atoms with Crippen LogP contribution < -0.4 is 0 Å². The summed E-state index contributed by atoms with van der Waals surface area (Å²) in [7, 11) is 0. The number of carbonyl (C=O) groups is 1. The van der Waals surface area contributed by atoms with Crippen molar-refractivity contribution in [3.05, 3.63) is 66.1 Å². The maximum atomic E-state index is 12.4. The summed E-state index contributed by atoms with van der Waals surface area (Å²) in [5.41, 5.74) is 4.41. The fourth-order valence-corrected chi connectivity index (χ4v) is 4.17. The Morgan fingerprint density at radius 3 is 2.17 bits per heavy atom. The largest absolute Gasteiger partial charge is 0.459 e. The number of unbranched alkanes of at least 4 members (excludes halogenated alkanes) is 3. The van der Waals surface area contributed by atoms with Crippen molar-refractivity contribution in [2.75, 3.05) is 0 Å². The molecule has 0 aliphatic heterocycles. The Morgan fingerprint density at radius 1 is 0.931 bits per heavy atom. The Kier molecular flexibility index (Phi) is 8.34. The first-order valence-corrected chi connectivity index (χ1v) is 11.4. The summed E-state index contributed by atoms with van der Waals surface area (Å²) >= 11 is 0. The van der Waals surface area contributed by atoms with E-state index in [0.717, 1.165) is 18.4 Å². The monoisotopic (exact) mass is 391 g/mol. The molecule has 0 saturated heterocycles. The Balaban J connectivity index is 1.54. The third-order valence-electron chi connectivity index (χ3n) is 6.05. The van der Waals surface area contributed by atoms with E-state index in [2.05, 4.69) is 37.6 Å². The quantitative estimate of drug-likeness (QED) is 0.323. The molecule has 3 rings (SSSR count). The number of rotatable bonds is 9. The smallest absolute Gasteiger partial charge is 0.338 e. The van der Waals surface area contributed by atoms with Crippen LogP contribution >= 0.6 is 0 Å². The number of carbonyl (C=O) groups excluding carboxylic acids is 1. The first kappa shape index (κ1) is 21.6. The minimum absolute atomic E-state index is 0.0241. The molecular formula is C27H35O2. The van der Waals surface area contributed by atoms with Gasteiger partial charge in [-0.2, -0.15) is 0 Å². The van der Waals surface area contributed by atoms with Crippen LogP contribution in [-0.4, -0.2) is 12.1 Å². The van der Waals surface area contributed by atoms with Crippen molar-refractivity contribution in [1.29, 1.82) is 0 Å². The van der Waals surface area contributed by atoms with Crippen molar-refractivity contribution in [1.82, 2.24) is 0 Å². The van der Waals surface area contributed by atoms with Gasteiger partial charge < -0.3 is 4.74 Å². The second-order valence-electron chi connectivity index (χ2n) is 8.40. The lowest BCUT2D eigenvalue weighted by molar-refractivity contribution is 0.0319. The fraction of sp³-hybridized carbons (Fsp3) is 0.481. The molecule has 0 heterocycles. The molecule has 1 fully saturated rings. The molecule has 1 aliphatic carbocycles. The third kappa shape index (κ3) is 6.45. The molecule has 0 bridgehead atoms. The zero-order valence-corrected chi connectivity index (χ0v) is 18.0. The van der Waals surface area contributed by atoms with E-state index in [-0.39, 0.29) is 12.1 Å². The average Bonchev–Trinajstić information content (AvgIpc) is 2.77. The van der Waals surface area contributed by atoms with Gasteiger partial charge in [0.2, 0.25) is 0 Å². The molecule has 2 nitrogen and oxygen atoms in total. The van der Waals surface area contributed by atoms with Crippen LogP contribution in [0.5, 0.6) is 0 Å². The summed E-state index contributed by atoms with van der Waals surface area (Å²) in [5.74, 6) is 0.485. The molecule has 1 atom stereocenters. The van der Waals surface area contributed by atoms with E-state index in [1.807, 2.05) is 31.2 Å².